The van der Waals surface area contributed by atoms with Crippen molar-refractivity contribution in [3.05, 3.63) is 11.7 Å². The summed E-state index contributed by atoms with van der Waals surface area (Å²) in [6.07, 6.45) is -4.62. The minimum Gasteiger partial charge on any atom is -0.329 e. The Hall–Kier alpha value is -1.11. The summed E-state index contributed by atoms with van der Waals surface area (Å²) >= 11 is 0. The van der Waals surface area contributed by atoms with Gasteiger partial charge in [0.2, 0.25) is 0 Å². The molecule has 1 rings (SSSR count). The zero-order chi connectivity index (χ0) is 11.9. The number of rotatable bonds is 1. The quantitative estimate of drug-likeness (QED) is 0.792. The Bertz CT molecular complexity index is 340. The van der Waals surface area contributed by atoms with Crippen LogP contribution in [0.4, 0.5) is 13.2 Å². The van der Waals surface area contributed by atoms with Crippen LogP contribution in [-0.2, 0) is 6.18 Å². The molecule has 15 heavy (non-hydrogen) atoms. The Balaban J connectivity index is 2.95. The van der Waals surface area contributed by atoms with Crippen molar-refractivity contribution >= 4 is 0 Å². The van der Waals surface area contributed by atoms with Crippen molar-refractivity contribution in [2.75, 3.05) is 0 Å². The molecule has 1 unspecified atom stereocenters. The van der Waals surface area contributed by atoms with Crippen LogP contribution in [0, 0.1) is 5.41 Å². The second-order valence-electron chi connectivity index (χ2n) is 4.30. The van der Waals surface area contributed by atoms with Crippen LogP contribution in [0.25, 0.3) is 0 Å². The molecular weight excluding hydrogens is 211 g/mol. The van der Waals surface area contributed by atoms with Gasteiger partial charge in [-0.15, -0.1) is 0 Å². The van der Waals surface area contributed by atoms with E-state index in [0.717, 1.165) is 0 Å². The fourth-order valence-corrected chi connectivity index (χ4v) is 0.864. The number of hydrogen-bond donors (Lipinski definition) is 1. The van der Waals surface area contributed by atoms with Crippen LogP contribution in [-0.4, -0.2) is 10.1 Å². The third-order valence-electron chi connectivity index (χ3n) is 1.90. The van der Waals surface area contributed by atoms with E-state index < -0.39 is 23.5 Å². The van der Waals surface area contributed by atoms with Gasteiger partial charge in [-0.1, -0.05) is 25.9 Å². The molecule has 0 radical (unpaired) electrons. The van der Waals surface area contributed by atoms with Crippen molar-refractivity contribution < 1.29 is 17.7 Å². The highest BCUT2D eigenvalue weighted by Crippen LogP contribution is 2.32. The standard InChI is InChI=1S/C8H12F3N3O/c1-7(2,3)4(12)5-13-6(15-14-5)8(9,10)11/h4H,12H2,1-3H3. The van der Waals surface area contributed by atoms with Gasteiger partial charge in [-0.2, -0.15) is 18.2 Å². The fourth-order valence-electron chi connectivity index (χ4n) is 0.864. The van der Waals surface area contributed by atoms with E-state index in [-0.39, 0.29) is 5.82 Å². The molecule has 1 aromatic rings. The first-order chi connectivity index (χ1) is 6.62. The minimum atomic E-state index is -4.62. The molecule has 1 aromatic heterocycles. The summed E-state index contributed by atoms with van der Waals surface area (Å²) in [5.41, 5.74) is 5.25. The Labute approximate surface area is 84.6 Å². The van der Waals surface area contributed by atoms with Crippen LogP contribution in [0.2, 0.25) is 0 Å². The van der Waals surface area contributed by atoms with Crippen molar-refractivity contribution in [3.8, 4) is 0 Å². The molecule has 1 atom stereocenters. The summed E-state index contributed by atoms with van der Waals surface area (Å²) in [7, 11) is 0. The number of aromatic nitrogens is 2. The van der Waals surface area contributed by atoms with E-state index in [1.165, 1.54) is 0 Å². The molecule has 0 aromatic carbocycles. The third-order valence-corrected chi connectivity index (χ3v) is 1.90. The van der Waals surface area contributed by atoms with E-state index in [1.54, 1.807) is 20.8 Å². The molecular formula is C8H12F3N3O. The van der Waals surface area contributed by atoms with Gasteiger partial charge in [0.05, 0.1) is 6.04 Å². The molecule has 0 saturated heterocycles. The van der Waals surface area contributed by atoms with Crippen LogP contribution in [0.3, 0.4) is 0 Å². The average molecular weight is 223 g/mol. The highest BCUT2D eigenvalue weighted by Gasteiger charge is 2.39. The lowest BCUT2D eigenvalue weighted by Crippen LogP contribution is -2.27. The van der Waals surface area contributed by atoms with E-state index in [2.05, 4.69) is 14.7 Å². The lowest BCUT2D eigenvalue weighted by atomic mass is 9.87. The van der Waals surface area contributed by atoms with Gasteiger partial charge < -0.3 is 10.3 Å². The van der Waals surface area contributed by atoms with Crippen LogP contribution < -0.4 is 5.73 Å². The van der Waals surface area contributed by atoms with Crippen molar-refractivity contribution in [1.29, 1.82) is 0 Å². The van der Waals surface area contributed by atoms with Gasteiger partial charge in [-0.25, -0.2) is 0 Å². The number of hydrogen-bond acceptors (Lipinski definition) is 4. The topological polar surface area (TPSA) is 64.9 Å². The smallest absolute Gasteiger partial charge is 0.329 e. The Morgan fingerprint density at radius 2 is 1.80 bits per heavy atom. The van der Waals surface area contributed by atoms with Gasteiger partial charge >= 0.3 is 12.1 Å². The molecule has 0 amide bonds. The largest absolute Gasteiger partial charge is 0.471 e. The number of halogens is 3. The molecule has 0 fully saturated rings. The van der Waals surface area contributed by atoms with E-state index in [0.29, 0.717) is 0 Å². The first kappa shape index (κ1) is 12.0. The zero-order valence-corrected chi connectivity index (χ0v) is 8.59. The van der Waals surface area contributed by atoms with Gasteiger partial charge in [0.25, 0.3) is 0 Å². The summed E-state index contributed by atoms with van der Waals surface area (Å²) in [6.45, 7) is 5.34. The zero-order valence-electron chi connectivity index (χ0n) is 8.59. The Morgan fingerprint density at radius 1 is 1.27 bits per heavy atom. The maximum Gasteiger partial charge on any atom is 0.471 e. The molecule has 0 aliphatic rings. The maximum absolute atomic E-state index is 12.1. The van der Waals surface area contributed by atoms with Gasteiger partial charge in [0, 0.05) is 0 Å². The van der Waals surface area contributed by atoms with E-state index in [9.17, 15) is 13.2 Å². The van der Waals surface area contributed by atoms with Crippen LogP contribution in [0.1, 0.15) is 38.5 Å². The van der Waals surface area contributed by atoms with Gasteiger partial charge in [-0.05, 0) is 5.41 Å². The number of nitrogens with two attached hydrogens (primary N) is 1. The van der Waals surface area contributed by atoms with Gasteiger partial charge in [-0.3, -0.25) is 0 Å². The van der Waals surface area contributed by atoms with E-state index >= 15 is 0 Å². The predicted molar refractivity (Wildman–Crippen MR) is 45.7 cm³/mol. The van der Waals surface area contributed by atoms with Gasteiger partial charge in [0.15, 0.2) is 5.82 Å². The number of nitrogens with zero attached hydrogens (tertiary/aromatic N) is 2. The van der Waals surface area contributed by atoms with Crippen LogP contribution in [0.15, 0.2) is 4.52 Å². The maximum atomic E-state index is 12.1. The minimum absolute atomic E-state index is 0.130. The van der Waals surface area contributed by atoms with E-state index in [4.69, 9.17) is 5.73 Å². The highest BCUT2D eigenvalue weighted by atomic mass is 19.4. The third kappa shape index (κ3) is 2.68. The monoisotopic (exact) mass is 223 g/mol. The summed E-state index contributed by atoms with van der Waals surface area (Å²) in [6, 6.07) is -0.697. The van der Waals surface area contributed by atoms with Crippen molar-refractivity contribution in [3.63, 3.8) is 0 Å². The molecule has 0 spiro atoms. The average Bonchev–Trinajstić information content (AvgIpc) is 2.47. The Kier molecular flexibility index (Phi) is 2.77. The van der Waals surface area contributed by atoms with Crippen molar-refractivity contribution in [2.24, 2.45) is 11.1 Å². The lowest BCUT2D eigenvalue weighted by Gasteiger charge is -2.23. The van der Waals surface area contributed by atoms with Crippen molar-refractivity contribution in [1.82, 2.24) is 10.1 Å². The summed E-state index contributed by atoms with van der Waals surface area (Å²) in [4.78, 5) is 3.22. The highest BCUT2D eigenvalue weighted by molar-refractivity contribution is 4.99. The second-order valence-corrected chi connectivity index (χ2v) is 4.30. The summed E-state index contributed by atoms with van der Waals surface area (Å²) < 4.78 is 40.5. The lowest BCUT2D eigenvalue weighted by molar-refractivity contribution is -0.159. The first-order valence-electron chi connectivity index (χ1n) is 4.29. The van der Waals surface area contributed by atoms with Crippen molar-refractivity contribution in [2.45, 2.75) is 33.0 Å². The van der Waals surface area contributed by atoms with E-state index in [1.807, 2.05) is 0 Å². The predicted octanol–water partition coefficient (Wildman–Crippen LogP) is 2.13. The summed E-state index contributed by atoms with van der Waals surface area (Å²) in [5, 5.41) is 3.22. The van der Waals surface area contributed by atoms with Gasteiger partial charge in [0.1, 0.15) is 0 Å². The molecule has 1 heterocycles. The molecule has 0 aliphatic heterocycles. The van der Waals surface area contributed by atoms with Crippen LogP contribution in [0.5, 0.6) is 0 Å². The normalized spacial score (nSPS) is 15.4. The molecule has 2 N–H and O–H groups in total. The summed E-state index contributed by atoms with van der Waals surface area (Å²) in [5.74, 6) is -1.49. The molecule has 86 valence electrons. The molecule has 4 nitrogen and oxygen atoms in total. The fraction of sp³-hybridized carbons (Fsp3) is 0.750. The molecule has 0 saturated carbocycles. The molecule has 0 bridgehead atoms. The SMILES string of the molecule is CC(C)(C)C(N)c1noc(C(F)(F)F)n1. The first-order valence-corrected chi connectivity index (χ1v) is 4.29. The Morgan fingerprint density at radius 3 is 2.13 bits per heavy atom. The molecule has 7 heteroatoms. The number of alkyl halides is 3. The molecule has 0 aliphatic carbocycles. The van der Waals surface area contributed by atoms with Crippen LogP contribution >= 0.6 is 0 Å². The second kappa shape index (κ2) is 3.48.